The fourth-order valence-electron chi connectivity index (χ4n) is 3.24. The topological polar surface area (TPSA) is 50.8 Å². The number of nitrogens with zero attached hydrogens (tertiary/aromatic N) is 1. The molecular formula is C17H26N2O3S. The summed E-state index contributed by atoms with van der Waals surface area (Å²) >= 11 is 1.76. The maximum absolute atomic E-state index is 12.2. The van der Waals surface area contributed by atoms with Crippen molar-refractivity contribution in [2.45, 2.75) is 37.8 Å². The van der Waals surface area contributed by atoms with Crippen LogP contribution in [0, 0.1) is 0 Å². The number of hydrogen-bond acceptors (Lipinski definition) is 5. The van der Waals surface area contributed by atoms with Crippen molar-refractivity contribution in [2.75, 3.05) is 39.5 Å². The van der Waals surface area contributed by atoms with Crippen LogP contribution in [0.5, 0.6) is 0 Å². The molecule has 2 aliphatic rings. The van der Waals surface area contributed by atoms with Crippen LogP contribution in [0.25, 0.3) is 0 Å². The molecule has 1 N–H and O–H groups in total. The normalized spacial score (nSPS) is 23.7. The average molecular weight is 338 g/mol. The lowest BCUT2D eigenvalue weighted by molar-refractivity contribution is -0.122. The van der Waals surface area contributed by atoms with E-state index < -0.39 is 0 Å². The Morgan fingerprint density at radius 2 is 2.26 bits per heavy atom. The SMILES string of the molecule is O=C(CC[C@H]1CCCO1)NC[C@@H](c1cccs1)N1CCOCC1. The molecule has 2 atom stereocenters. The van der Waals surface area contributed by atoms with Crippen LogP contribution in [0.4, 0.5) is 0 Å². The van der Waals surface area contributed by atoms with Crippen LogP contribution in [0.15, 0.2) is 17.5 Å². The first-order chi connectivity index (χ1) is 11.3. The number of nitrogens with one attached hydrogen (secondary N) is 1. The van der Waals surface area contributed by atoms with Gasteiger partial charge in [-0.15, -0.1) is 11.3 Å². The van der Waals surface area contributed by atoms with Crippen LogP contribution >= 0.6 is 11.3 Å². The molecule has 2 aliphatic heterocycles. The number of thiophene rings is 1. The molecule has 5 nitrogen and oxygen atoms in total. The first-order valence-corrected chi connectivity index (χ1v) is 9.44. The Hall–Kier alpha value is -0.950. The van der Waals surface area contributed by atoms with E-state index in [2.05, 4.69) is 27.7 Å². The minimum atomic E-state index is 0.135. The lowest BCUT2D eigenvalue weighted by Crippen LogP contribution is -2.43. The minimum Gasteiger partial charge on any atom is -0.379 e. The number of amides is 1. The summed E-state index contributed by atoms with van der Waals surface area (Å²) in [5.41, 5.74) is 0. The second kappa shape index (κ2) is 8.78. The molecule has 0 bridgehead atoms. The van der Waals surface area contributed by atoms with E-state index in [-0.39, 0.29) is 18.1 Å². The third kappa shape index (κ3) is 5.01. The van der Waals surface area contributed by atoms with Gasteiger partial charge < -0.3 is 14.8 Å². The van der Waals surface area contributed by atoms with E-state index in [9.17, 15) is 4.79 Å². The Balaban J connectivity index is 1.48. The van der Waals surface area contributed by atoms with Gasteiger partial charge in [0.15, 0.2) is 0 Å². The van der Waals surface area contributed by atoms with Gasteiger partial charge in [0, 0.05) is 37.5 Å². The van der Waals surface area contributed by atoms with Crippen molar-refractivity contribution in [3.05, 3.63) is 22.4 Å². The first-order valence-electron chi connectivity index (χ1n) is 8.56. The van der Waals surface area contributed by atoms with Crippen molar-refractivity contribution in [2.24, 2.45) is 0 Å². The number of carbonyl (C=O) groups excluding carboxylic acids is 1. The average Bonchev–Trinajstić information content (AvgIpc) is 3.28. The number of ether oxygens (including phenoxy) is 2. The number of morpholine rings is 1. The lowest BCUT2D eigenvalue weighted by atomic mass is 10.1. The third-order valence-electron chi connectivity index (χ3n) is 4.57. The molecule has 0 unspecified atom stereocenters. The molecule has 0 saturated carbocycles. The molecule has 0 aromatic carbocycles. The van der Waals surface area contributed by atoms with Crippen molar-refractivity contribution in [3.8, 4) is 0 Å². The summed E-state index contributed by atoms with van der Waals surface area (Å²) in [6.45, 7) is 4.92. The second-order valence-electron chi connectivity index (χ2n) is 6.16. The van der Waals surface area contributed by atoms with Crippen molar-refractivity contribution in [1.29, 1.82) is 0 Å². The molecule has 3 rings (SSSR count). The molecule has 0 spiro atoms. The number of rotatable bonds is 7. The van der Waals surface area contributed by atoms with Gasteiger partial charge in [0.2, 0.25) is 5.91 Å². The van der Waals surface area contributed by atoms with E-state index in [1.807, 2.05) is 0 Å². The quantitative estimate of drug-likeness (QED) is 0.828. The molecule has 2 saturated heterocycles. The Morgan fingerprint density at radius 3 is 2.96 bits per heavy atom. The van der Waals surface area contributed by atoms with E-state index in [0.717, 1.165) is 52.2 Å². The zero-order valence-corrected chi connectivity index (χ0v) is 14.4. The molecule has 1 aromatic rings. The highest BCUT2D eigenvalue weighted by Crippen LogP contribution is 2.25. The summed E-state index contributed by atoms with van der Waals surface area (Å²) in [5.74, 6) is 0.135. The van der Waals surface area contributed by atoms with Gasteiger partial charge in [0.25, 0.3) is 0 Å². The van der Waals surface area contributed by atoms with Gasteiger partial charge >= 0.3 is 0 Å². The zero-order valence-electron chi connectivity index (χ0n) is 13.5. The van der Waals surface area contributed by atoms with E-state index in [4.69, 9.17) is 9.47 Å². The fourth-order valence-corrected chi connectivity index (χ4v) is 4.10. The molecule has 2 fully saturated rings. The molecule has 0 radical (unpaired) electrons. The Labute approximate surface area is 142 Å². The summed E-state index contributed by atoms with van der Waals surface area (Å²) in [5, 5.41) is 5.22. The van der Waals surface area contributed by atoms with Crippen molar-refractivity contribution in [1.82, 2.24) is 10.2 Å². The zero-order chi connectivity index (χ0) is 15.9. The molecule has 6 heteroatoms. The predicted octanol–water partition coefficient (Wildman–Crippen LogP) is 2.20. The summed E-state index contributed by atoms with van der Waals surface area (Å²) < 4.78 is 11.0. The molecule has 128 valence electrons. The second-order valence-corrected chi connectivity index (χ2v) is 7.14. The van der Waals surface area contributed by atoms with Crippen molar-refractivity contribution in [3.63, 3.8) is 0 Å². The highest BCUT2D eigenvalue weighted by atomic mass is 32.1. The van der Waals surface area contributed by atoms with Gasteiger partial charge in [-0.25, -0.2) is 0 Å². The Kier molecular flexibility index (Phi) is 6.45. The maximum atomic E-state index is 12.2. The van der Waals surface area contributed by atoms with Crippen LogP contribution in [-0.4, -0.2) is 56.4 Å². The smallest absolute Gasteiger partial charge is 0.220 e. The van der Waals surface area contributed by atoms with Gasteiger partial charge in [-0.1, -0.05) is 6.07 Å². The van der Waals surface area contributed by atoms with Crippen LogP contribution in [0.3, 0.4) is 0 Å². The summed E-state index contributed by atoms with van der Waals surface area (Å²) in [7, 11) is 0. The maximum Gasteiger partial charge on any atom is 0.220 e. The highest BCUT2D eigenvalue weighted by molar-refractivity contribution is 7.10. The molecule has 1 amide bonds. The highest BCUT2D eigenvalue weighted by Gasteiger charge is 2.24. The molecule has 0 aliphatic carbocycles. The van der Waals surface area contributed by atoms with Crippen molar-refractivity contribution >= 4 is 17.2 Å². The van der Waals surface area contributed by atoms with Crippen LogP contribution in [-0.2, 0) is 14.3 Å². The monoisotopic (exact) mass is 338 g/mol. The Bertz CT molecular complexity index is 468. The number of hydrogen-bond donors (Lipinski definition) is 1. The van der Waals surface area contributed by atoms with Crippen LogP contribution in [0.2, 0.25) is 0 Å². The van der Waals surface area contributed by atoms with Gasteiger partial charge in [-0.05, 0) is 30.7 Å². The van der Waals surface area contributed by atoms with Gasteiger partial charge in [0.05, 0.1) is 25.4 Å². The van der Waals surface area contributed by atoms with Crippen LogP contribution < -0.4 is 5.32 Å². The first kappa shape index (κ1) is 16.9. The van der Waals surface area contributed by atoms with Gasteiger partial charge in [-0.3, -0.25) is 9.69 Å². The standard InChI is InChI=1S/C17H26N2O3S/c20-17(6-5-14-3-1-9-22-14)18-13-15(16-4-2-12-23-16)19-7-10-21-11-8-19/h2,4,12,14-15H,1,3,5-11,13H2,(H,18,20)/t14-,15+/m1/s1. The van der Waals surface area contributed by atoms with E-state index in [1.165, 1.54) is 4.88 Å². The molecule has 1 aromatic heterocycles. The van der Waals surface area contributed by atoms with E-state index >= 15 is 0 Å². The summed E-state index contributed by atoms with van der Waals surface area (Å²) in [6, 6.07) is 4.49. The fraction of sp³-hybridized carbons (Fsp3) is 0.706. The molecule has 23 heavy (non-hydrogen) atoms. The van der Waals surface area contributed by atoms with Crippen LogP contribution in [0.1, 0.15) is 36.6 Å². The van der Waals surface area contributed by atoms with E-state index in [1.54, 1.807) is 11.3 Å². The number of carbonyl (C=O) groups is 1. The summed E-state index contributed by atoms with van der Waals surface area (Å²) in [6.07, 6.45) is 3.91. The minimum absolute atomic E-state index is 0.135. The largest absolute Gasteiger partial charge is 0.379 e. The summed E-state index contributed by atoms with van der Waals surface area (Å²) in [4.78, 5) is 15.9. The van der Waals surface area contributed by atoms with Gasteiger partial charge in [-0.2, -0.15) is 0 Å². The molecule has 3 heterocycles. The molecular weight excluding hydrogens is 312 g/mol. The predicted molar refractivity (Wildman–Crippen MR) is 90.7 cm³/mol. The Morgan fingerprint density at radius 1 is 1.39 bits per heavy atom. The van der Waals surface area contributed by atoms with E-state index in [0.29, 0.717) is 13.0 Å². The lowest BCUT2D eigenvalue weighted by Gasteiger charge is -2.34. The van der Waals surface area contributed by atoms with Crippen molar-refractivity contribution < 1.29 is 14.3 Å². The van der Waals surface area contributed by atoms with Gasteiger partial charge in [0.1, 0.15) is 0 Å². The third-order valence-corrected chi connectivity index (χ3v) is 5.54.